The average Bonchev–Trinajstić information content (AvgIpc) is 2.89. The highest BCUT2D eigenvalue weighted by atomic mass is 35.5. The van der Waals surface area contributed by atoms with Crippen molar-refractivity contribution in [2.24, 2.45) is 0 Å². The molecule has 33 heavy (non-hydrogen) atoms. The van der Waals surface area contributed by atoms with Crippen LogP contribution < -0.4 is 0 Å². The smallest absolute Gasteiger partial charge is 0.164 e. The predicted octanol–water partition coefficient (Wildman–Crippen LogP) is 6.46. The van der Waals surface area contributed by atoms with E-state index >= 15 is 0 Å². The summed E-state index contributed by atoms with van der Waals surface area (Å²) >= 11 is 6.21. The summed E-state index contributed by atoms with van der Waals surface area (Å²) in [7, 11) is 0. The Labute approximate surface area is 196 Å². The Morgan fingerprint density at radius 1 is 0.545 bits per heavy atom. The van der Waals surface area contributed by atoms with Gasteiger partial charge in [0.15, 0.2) is 17.5 Å². The van der Waals surface area contributed by atoms with Gasteiger partial charge < -0.3 is 0 Å². The van der Waals surface area contributed by atoms with Gasteiger partial charge in [-0.1, -0.05) is 84.4 Å². The van der Waals surface area contributed by atoms with Crippen molar-refractivity contribution in [3.8, 4) is 51.5 Å². The van der Waals surface area contributed by atoms with Crippen molar-refractivity contribution < 1.29 is 0 Å². The fourth-order valence-electron chi connectivity index (χ4n) is 3.43. The fourth-order valence-corrected chi connectivity index (χ4v) is 3.62. The molecule has 2 aromatic heterocycles. The molecule has 0 aliphatic carbocycles. The van der Waals surface area contributed by atoms with Gasteiger partial charge in [0.1, 0.15) is 11.8 Å². The maximum Gasteiger partial charge on any atom is 0.164 e. The maximum absolute atomic E-state index is 9.12. The quantitative estimate of drug-likeness (QED) is 0.317. The number of rotatable bonds is 4. The molecule has 6 heteroatoms. The first kappa shape index (κ1) is 20.5. The van der Waals surface area contributed by atoms with Gasteiger partial charge in [-0.3, -0.25) is 0 Å². The van der Waals surface area contributed by atoms with E-state index in [0.29, 0.717) is 28.2 Å². The lowest BCUT2D eigenvalue weighted by molar-refractivity contribution is 1.07. The Morgan fingerprint density at radius 2 is 1.12 bits per heavy atom. The Bertz CT molecular complexity index is 1480. The van der Waals surface area contributed by atoms with Crippen molar-refractivity contribution in [3.05, 3.63) is 108 Å². The van der Waals surface area contributed by atoms with Crippen molar-refractivity contribution in [2.75, 3.05) is 0 Å². The van der Waals surface area contributed by atoms with Gasteiger partial charge in [-0.25, -0.2) is 19.9 Å². The lowest BCUT2D eigenvalue weighted by Crippen LogP contribution is -2.00. The van der Waals surface area contributed by atoms with Gasteiger partial charge in [-0.2, -0.15) is 5.26 Å². The first-order chi connectivity index (χ1) is 16.2. The molecule has 0 aliphatic rings. The van der Waals surface area contributed by atoms with Crippen molar-refractivity contribution >= 4 is 11.6 Å². The number of pyridine rings is 1. The Morgan fingerprint density at radius 3 is 1.79 bits per heavy atom. The minimum absolute atomic E-state index is 0.382. The van der Waals surface area contributed by atoms with Crippen LogP contribution in [0.15, 0.2) is 97.1 Å². The van der Waals surface area contributed by atoms with Crippen molar-refractivity contribution in [1.82, 2.24) is 19.9 Å². The zero-order chi connectivity index (χ0) is 22.6. The number of hydrogen-bond donors (Lipinski definition) is 0. The second kappa shape index (κ2) is 8.99. The van der Waals surface area contributed by atoms with Gasteiger partial charge in [-0.15, -0.1) is 0 Å². The van der Waals surface area contributed by atoms with Crippen LogP contribution in [-0.4, -0.2) is 19.9 Å². The van der Waals surface area contributed by atoms with Crippen LogP contribution in [0, 0.1) is 11.3 Å². The largest absolute Gasteiger partial charge is 0.237 e. The van der Waals surface area contributed by atoms with Gasteiger partial charge in [-0.05, 0) is 24.3 Å². The normalized spacial score (nSPS) is 10.5. The van der Waals surface area contributed by atoms with Crippen LogP contribution >= 0.6 is 11.6 Å². The van der Waals surface area contributed by atoms with E-state index in [2.05, 4.69) is 11.1 Å². The van der Waals surface area contributed by atoms with Crippen LogP contribution in [0.25, 0.3) is 45.4 Å². The van der Waals surface area contributed by atoms with E-state index in [1.165, 1.54) is 0 Å². The molecule has 5 nitrogen and oxygen atoms in total. The van der Waals surface area contributed by atoms with E-state index in [0.717, 1.165) is 27.9 Å². The number of aromatic nitrogens is 4. The molecule has 0 unspecified atom stereocenters. The van der Waals surface area contributed by atoms with Gasteiger partial charge >= 0.3 is 0 Å². The van der Waals surface area contributed by atoms with Crippen LogP contribution in [0.5, 0.6) is 0 Å². The maximum atomic E-state index is 9.12. The number of hydrogen-bond acceptors (Lipinski definition) is 5. The fraction of sp³-hybridized carbons (Fsp3) is 0. The molecule has 5 aromatic rings. The minimum Gasteiger partial charge on any atom is -0.237 e. The molecule has 3 aromatic carbocycles. The molecule has 0 N–H and O–H groups in total. The van der Waals surface area contributed by atoms with Crippen LogP contribution in [-0.2, 0) is 0 Å². The van der Waals surface area contributed by atoms with Crippen molar-refractivity contribution in [1.29, 1.82) is 5.26 Å². The monoisotopic (exact) mass is 445 g/mol. The van der Waals surface area contributed by atoms with Crippen molar-refractivity contribution in [3.63, 3.8) is 0 Å². The molecule has 0 saturated carbocycles. The first-order valence-corrected chi connectivity index (χ1v) is 10.6. The molecule has 0 saturated heterocycles. The topological polar surface area (TPSA) is 75.3 Å². The summed E-state index contributed by atoms with van der Waals surface area (Å²) in [6.45, 7) is 0. The number of nitrogens with zero attached hydrogens (tertiary/aromatic N) is 5. The summed E-state index contributed by atoms with van der Waals surface area (Å²) in [6.07, 6.45) is 0. The van der Waals surface area contributed by atoms with E-state index in [-0.39, 0.29) is 0 Å². The van der Waals surface area contributed by atoms with Crippen LogP contribution in [0.3, 0.4) is 0 Å². The Hall–Kier alpha value is -4.40. The SMILES string of the molecule is N#Cc1cccc(-c2ccc(-c3nc(-c4ccccc4)nc(-c4cccc(Cl)c4)n3)cc2)n1. The molecular weight excluding hydrogens is 430 g/mol. The van der Waals surface area contributed by atoms with E-state index in [1.807, 2.05) is 91.0 Å². The molecule has 0 bridgehead atoms. The zero-order valence-corrected chi connectivity index (χ0v) is 18.1. The highest BCUT2D eigenvalue weighted by molar-refractivity contribution is 6.30. The second-order valence-corrected chi connectivity index (χ2v) is 7.72. The number of benzene rings is 3. The molecule has 2 heterocycles. The third-order valence-electron chi connectivity index (χ3n) is 5.05. The lowest BCUT2D eigenvalue weighted by Gasteiger charge is -2.09. The second-order valence-electron chi connectivity index (χ2n) is 7.28. The van der Waals surface area contributed by atoms with E-state index < -0.39 is 0 Å². The lowest BCUT2D eigenvalue weighted by atomic mass is 10.1. The molecule has 0 aliphatic heterocycles. The van der Waals surface area contributed by atoms with E-state index in [1.54, 1.807) is 6.07 Å². The molecular formula is C27H16ClN5. The number of halogens is 1. The standard InChI is InChI=1S/C27H16ClN5/c28-22-9-4-8-21(16-22)27-32-25(19-6-2-1-3-7-19)31-26(33-27)20-14-12-18(13-15-20)24-11-5-10-23(17-29)30-24/h1-16H. The third kappa shape index (κ3) is 4.47. The summed E-state index contributed by atoms with van der Waals surface area (Å²) in [5.41, 5.74) is 4.59. The Balaban J connectivity index is 1.60. The van der Waals surface area contributed by atoms with Crippen molar-refractivity contribution in [2.45, 2.75) is 0 Å². The summed E-state index contributed by atoms with van der Waals surface area (Å²) in [5, 5.41) is 9.73. The van der Waals surface area contributed by atoms with Crippen LogP contribution in [0.2, 0.25) is 5.02 Å². The summed E-state index contributed by atoms with van der Waals surface area (Å²) in [5.74, 6) is 1.70. The summed E-state index contributed by atoms with van der Waals surface area (Å²) in [4.78, 5) is 18.5. The zero-order valence-electron chi connectivity index (χ0n) is 17.4. The van der Waals surface area contributed by atoms with Gasteiger partial charge in [0.25, 0.3) is 0 Å². The van der Waals surface area contributed by atoms with Gasteiger partial charge in [0, 0.05) is 27.3 Å². The summed E-state index contributed by atoms with van der Waals surface area (Å²) < 4.78 is 0. The van der Waals surface area contributed by atoms with Crippen LogP contribution in [0.4, 0.5) is 0 Å². The molecule has 0 fully saturated rings. The molecule has 0 atom stereocenters. The highest BCUT2D eigenvalue weighted by Gasteiger charge is 2.13. The summed E-state index contributed by atoms with van der Waals surface area (Å²) in [6, 6.07) is 32.5. The Kier molecular flexibility index (Phi) is 5.59. The average molecular weight is 446 g/mol. The molecule has 0 spiro atoms. The van der Waals surface area contributed by atoms with E-state index in [9.17, 15) is 0 Å². The minimum atomic E-state index is 0.382. The predicted molar refractivity (Wildman–Crippen MR) is 129 cm³/mol. The molecule has 5 rings (SSSR count). The van der Waals surface area contributed by atoms with E-state index in [4.69, 9.17) is 31.8 Å². The highest BCUT2D eigenvalue weighted by Crippen LogP contribution is 2.27. The van der Waals surface area contributed by atoms with Gasteiger partial charge in [0.05, 0.1) is 5.69 Å². The van der Waals surface area contributed by atoms with Gasteiger partial charge in [0.2, 0.25) is 0 Å². The third-order valence-corrected chi connectivity index (χ3v) is 5.29. The first-order valence-electron chi connectivity index (χ1n) is 10.2. The molecule has 0 amide bonds. The molecule has 156 valence electrons. The van der Waals surface area contributed by atoms with Crippen LogP contribution in [0.1, 0.15) is 5.69 Å². The number of nitriles is 1. The molecule has 0 radical (unpaired) electrons.